The zero-order chi connectivity index (χ0) is 29.4. The van der Waals surface area contributed by atoms with Crippen LogP contribution in [-0.2, 0) is 24.6 Å². The lowest BCUT2D eigenvalue weighted by Crippen LogP contribution is -2.56. The molecular weight excluding hydrogens is 524 g/mol. The highest BCUT2D eigenvalue weighted by Crippen LogP contribution is 2.43. The van der Waals surface area contributed by atoms with Crippen LogP contribution < -0.4 is 25.6 Å². The van der Waals surface area contributed by atoms with Gasteiger partial charge in [0.15, 0.2) is 11.8 Å². The Morgan fingerprint density at radius 1 is 0.878 bits per heavy atom. The minimum absolute atomic E-state index is 0.0840. The second kappa shape index (κ2) is 13.3. The zero-order valence-corrected chi connectivity index (χ0v) is 23.7. The van der Waals surface area contributed by atoms with E-state index in [1.165, 1.54) is 4.90 Å². The number of nitrogens with zero attached hydrogens (tertiary/aromatic N) is 1. The Bertz CT molecular complexity index is 1360. The third kappa shape index (κ3) is 6.85. The predicted molar refractivity (Wildman–Crippen MR) is 157 cm³/mol. The van der Waals surface area contributed by atoms with Crippen molar-refractivity contribution >= 4 is 34.9 Å². The van der Waals surface area contributed by atoms with Gasteiger partial charge in [-0.3, -0.25) is 9.59 Å². The number of rotatable bonds is 12. The zero-order valence-electron chi connectivity index (χ0n) is 23.7. The number of hydrogen-bond acceptors (Lipinski definition) is 6. The molecule has 10 nitrogen and oxygen atoms in total. The summed E-state index contributed by atoms with van der Waals surface area (Å²) in [7, 11) is 1.55. The predicted octanol–water partition coefficient (Wildman–Crippen LogP) is 4.80. The van der Waals surface area contributed by atoms with Crippen LogP contribution in [0.2, 0.25) is 0 Å². The van der Waals surface area contributed by atoms with Gasteiger partial charge in [0.2, 0.25) is 5.91 Å². The average Bonchev–Trinajstić information content (AvgIpc) is 3.17. The summed E-state index contributed by atoms with van der Waals surface area (Å²) in [6.07, 6.45) is -1.02. The molecule has 3 N–H and O–H groups in total. The van der Waals surface area contributed by atoms with Crippen LogP contribution in [-0.4, -0.2) is 51.0 Å². The van der Waals surface area contributed by atoms with Gasteiger partial charge in [-0.05, 0) is 63.2 Å². The van der Waals surface area contributed by atoms with Crippen LogP contribution in [0.5, 0.6) is 5.75 Å². The molecule has 3 aromatic rings. The number of carbonyl (C=O) groups excluding carboxylic acids is 3. The molecule has 1 atom stereocenters. The first kappa shape index (κ1) is 29.6. The quantitative estimate of drug-likeness (QED) is 0.274. The molecular formula is C31H36N4O6. The van der Waals surface area contributed by atoms with Crippen molar-refractivity contribution in [1.29, 1.82) is 0 Å². The van der Waals surface area contributed by atoms with Gasteiger partial charge in [0, 0.05) is 30.2 Å². The fourth-order valence-corrected chi connectivity index (χ4v) is 4.83. The second-order valence-corrected chi connectivity index (χ2v) is 9.58. The molecule has 10 heteroatoms. The molecule has 4 rings (SSSR count). The Hall–Kier alpha value is -4.41. The van der Waals surface area contributed by atoms with Crippen molar-refractivity contribution in [2.45, 2.75) is 39.0 Å². The Labute approximate surface area is 240 Å². The lowest BCUT2D eigenvalue weighted by molar-refractivity contribution is -0.138. The van der Waals surface area contributed by atoms with E-state index in [2.05, 4.69) is 16.0 Å². The Balaban J connectivity index is 1.68. The van der Waals surface area contributed by atoms with Crippen molar-refractivity contribution < 1.29 is 28.6 Å². The number of urea groups is 1. The maximum Gasteiger partial charge on any atom is 0.320 e. The minimum Gasteiger partial charge on any atom is -0.497 e. The fourth-order valence-electron chi connectivity index (χ4n) is 4.83. The molecule has 0 spiro atoms. The summed E-state index contributed by atoms with van der Waals surface area (Å²) in [6.45, 7) is 6.50. The van der Waals surface area contributed by atoms with Crippen LogP contribution in [0.25, 0.3) is 0 Å². The Kier molecular flexibility index (Phi) is 9.59. The smallest absolute Gasteiger partial charge is 0.320 e. The highest BCUT2D eigenvalue weighted by Gasteiger charge is 2.53. The van der Waals surface area contributed by atoms with Crippen molar-refractivity contribution in [3.8, 4) is 5.75 Å². The molecule has 1 aliphatic heterocycles. The van der Waals surface area contributed by atoms with Gasteiger partial charge in [-0.25, -0.2) is 4.79 Å². The molecule has 0 aliphatic carbocycles. The first-order valence-corrected chi connectivity index (χ1v) is 13.5. The summed E-state index contributed by atoms with van der Waals surface area (Å²) in [5.74, 6) is -0.268. The number of aryl methyl sites for hydroxylation is 1. The van der Waals surface area contributed by atoms with Crippen LogP contribution in [0.15, 0.2) is 72.8 Å². The summed E-state index contributed by atoms with van der Waals surface area (Å²) in [4.78, 5) is 42.7. The normalized spacial score (nSPS) is 15.9. The SMILES string of the molecule is CCOC(CN1C(=O)C(CC(=O)Nc2ccc(C)cc2)(NC(=O)Nc2ccc(OC)cc2)c2ccccc21)OCC. The van der Waals surface area contributed by atoms with Gasteiger partial charge in [-0.1, -0.05) is 35.9 Å². The van der Waals surface area contributed by atoms with Crippen LogP contribution in [0.4, 0.5) is 21.9 Å². The molecule has 1 heterocycles. The third-order valence-corrected chi connectivity index (χ3v) is 6.74. The van der Waals surface area contributed by atoms with Crippen molar-refractivity contribution in [2.24, 2.45) is 0 Å². The number of hydrogen-bond donors (Lipinski definition) is 3. The van der Waals surface area contributed by atoms with Gasteiger partial charge in [-0.15, -0.1) is 0 Å². The van der Waals surface area contributed by atoms with Gasteiger partial charge < -0.3 is 35.1 Å². The summed E-state index contributed by atoms with van der Waals surface area (Å²) in [5, 5.41) is 8.48. The average molecular weight is 561 g/mol. The summed E-state index contributed by atoms with van der Waals surface area (Å²) in [6, 6.07) is 20.6. The van der Waals surface area contributed by atoms with Gasteiger partial charge in [0.05, 0.1) is 25.8 Å². The van der Waals surface area contributed by atoms with E-state index in [0.717, 1.165) is 5.56 Å². The van der Waals surface area contributed by atoms with E-state index in [1.54, 1.807) is 67.8 Å². The van der Waals surface area contributed by atoms with Gasteiger partial charge in [0.25, 0.3) is 5.91 Å². The van der Waals surface area contributed by atoms with Crippen LogP contribution in [0.3, 0.4) is 0 Å². The maximum atomic E-state index is 14.3. The van der Waals surface area contributed by atoms with Gasteiger partial charge in [-0.2, -0.15) is 0 Å². The highest BCUT2D eigenvalue weighted by molar-refractivity contribution is 6.12. The van der Waals surface area contributed by atoms with E-state index in [4.69, 9.17) is 14.2 Å². The van der Waals surface area contributed by atoms with E-state index < -0.39 is 29.7 Å². The molecule has 1 unspecified atom stereocenters. The van der Waals surface area contributed by atoms with E-state index in [0.29, 0.717) is 41.6 Å². The number of amides is 4. The Morgan fingerprint density at radius 3 is 2.12 bits per heavy atom. The number of benzene rings is 3. The summed E-state index contributed by atoms with van der Waals surface area (Å²) < 4.78 is 16.6. The molecule has 1 aliphatic rings. The van der Waals surface area contributed by atoms with Crippen LogP contribution in [0, 0.1) is 6.92 Å². The molecule has 3 aromatic carbocycles. The number of nitrogens with one attached hydrogen (secondary N) is 3. The standard InChI is InChI=1S/C31H36N4O6/c1-5-40-28(41-6-2)20-35-26-10-8-7-9-25(26)31(29(35)37,19-27(36)32-22-13-11-21(3)12-14-22)34-30(38)33-23-15-17-24(39-4)18-16-23/h7-18,28H,5-6,19-20H2,1-4H3,(H,32,36)(H2,33,34,38). The van der Waals surface area contributed by atoms with Crippen LogP contribution >= 0.6 is 0 Å². The van der Waals surface area contributed by atoms with Gasteiger partial charge in [0.1, 0.15) is 5.75 Å². The summed E-state index contributed by atoms with van der Waals surface area (Å²) in [5.41, 5.74) is 1.50. The molecule has 0 saturated heterocycles. The molecule has 216 valence electrons. The van der Waals surface area contributed by atoms with E-state index in [1.807, 2.05) is 32.9 Å². The third-order valence-electron chi connectivity index (χ3n) is 6.74. The van der Waals surface area contributed by atoms with Crippen molar-refractivity contribution in [3.63, 3.8) is 0 Å². The minimum atomic E-state index is -1.69. The van der Waals surface area contributed by atoms with E-state index in [9.17, 15) is 14.4 Å². The van der Waals surface area contributed by atoms with Crippen molar-refractivity contribution in [2.75, 3.05) is 42.4 Å². The number of fused-ring (bicyclic) bond motifs is 1. The fraction of sp³-hybridized carbons (Fsp3) is 0.323. The molecule has 4 amide bonds. The number of anilines is 3. The first-order chi connectivity index (χ1) is 19.8. The van der Waals surface area contributed by atoms with Crippen LogP contribution in [0.1, 0.15) is 31.4 Å². The molecule has 0 aromatic heterocycles. The molecule has 41 heavy (non-hydrogen) atoms. The number of para-hydroxylation sites is 1. The first-order valence-electron chi connectivity index (χ1n) is 13.5. The second-order valence-electron chi connectivity index (χ2n) is 9.58. The van der Waals surface area contributed by atoms with Crippen molar-refractivity contribution in [1.82, 2.24) is 5.32 Å². The number of carbonyl (C=O) groups is 3. The van der Waals surface area contributed by atoms with Gasteiger partial charge >= 0.3 is 6.03 Å². The highest BCUT2D eigenvalue weighted by atomic mass is 16.7. The Morgan fingerprint density at radius 2 is 1.49 bits per heavy atom. The molecule has 0 bridgehead atoms. The molecule has 0 saturated carbocycles. The topological polar surface area (TPSA) is 118 Å². The summed E-state index contributed by atoms with van der Waals surface area (Å²) >= 11 is 0. The van der Waals surface area contributed by atoms with E-state index in [-0.39, 0.29) is 13.0 Å². The van der Waals surface area contributed by atoms with E-state index >= 15 is 0 Å². The maximum absolute atomic E-state index is 14.3. The molecule has 0 fully saturated rings. The lowest BCUT2D eigenvalue weighted by atomic mass is 9.87. The number of ether oxygens (including phenoxy) is 3. The number of methoxy groups -OCH3 is 1. The lowest BCUT2D eigenvalue weighted by Gasteiger charge is -2.30. The monoisotopic (exact) mass is 560 g/mol. The van der Waals surface area contributed by atoms with Crippen molar-refractivity contribution in [3.05, 3.63) is 83.9 Å². The molecule has 0 radical (unpaired) electrons. The largest absolute Gasteiger partial charge is 0.497 e.